The molecular weight excluding hydrogens is 995 g/mol. The molecule has 0 fully saturated rings. The number of aliphatic hydroxyl groups excluding tert-OH is 1. The highest BCUT2D eigenvalue weighted by atomic mass is 16.3. The quantitative estimate of drug-likeness (QED) is 0.173. The number of anilines is 3. The molecule has 1 aromatic heterocycles. The zero-order valence-corrected chi connectivity index (χ0v) is 47.7. The summed E-state index contributed by atoms with van der Waals surface area (Å²) in [6.07, 6.45) is 40.6. The smallest absolute Gasteiger partial charge is 0.135 e. The zero-order valence-electron chi connectivity index (χ0n) is 47.7. The molecule has 8 aromatic rings. The van der Waals surface area contributed by atoms with Gasteiger partial charge in [-0.2, -0.15) is 0 Å². The Labute approximate surface area is 484 Å². The van der Waals surface area contributed by atoms with E-state index in [1.807, 2.05) is 42.5 Å². The van der Waals surface area contributed by atoms with Crippen molar-refractivity contribution in [3.63, 3.8) is 0 Å². The van der Waals surface area contributed by atoms with Crippen molar-refractivity contribution >= 4 is 50.6 Å². The van der Waals surface area contributed by atoms with Crippen molar-refractivity contribution in [3.8, 4) is 22.3 Å². The number of allylic oxidation sites excluding steroid dienone is 24. The van der Waals surface area contributed by atoms with Gasteiger partial charge in [0.1, 0.15) is 11.2 Å². The van der Waals surface area contributed by atoms with Crippen molar-refractivity contribution < 1.29 is 9.52 Å². The van der Waals surface area contributed by atoms with Crippen molar-refractivity contribution in [2.45, 2.75) is 65.7 Å². The molecule has 0 spiro atoms. The Bertz CT molecular complexity index is 4220. The van der Waals surface area contributed by atoms with Crippen LogP contribution >= 0.6 is 0 Å². The average molecular weight is 1060 g/mol. The first-order chi connectivity index (χ1) is 40.0. The second-order valence-electron chi connectivity index (χ2n) is 22.5. The van der Waals surface area contributed by atoms with Crippen molar-refractivity contribution in [3.05, 3.63) is 329 Å². The molecule has 0 radical (unpaired) electrons. The summed E-state index contributed by atoms with van der Waals surface area (Å²) in [4.78, 5) is 2.41. The fourth-order valence-electron chi connectivity index (χ4n) is 12.8. The Hall–Kier alpha value is -9.44. The standard InChI is InChI=1S/C68H59NO.C11H10O/c1-7-9-26-63-55(8-2)56-25-19-21-49(44-64(56)68(63,6)51-22-14-12-10-11-13-20-46(3)29-35-51)47-30-36-52(37-31-47)69(54-40-41-62-59(45-54)57-23-15-17-27-61(57)67(62,4)5)53-38-32-48(33-39-53)50-34-42-66-60(43-50)58-24-16-18-28-65(58)70-66;12-11-7-3-6-9-4-1-2-5-10(9)8-11/h7-11,13-24,26-28,30-45H,3,12,25,29H2,1-2,4-6H3;1-7,12H,8H2/b9-7-,11-10-,20-13-,22-14-,51-35+,55-8-,63-26+;. The van der Waals surface area contributed by atoms with Crippen LogP contribution in [0.25, 0.3) is 55.8 Å². The third-order valence-electron chi connectivity index (χ3n) is 17.1. The predicted octanol–water partition coefficient (Wildman–Crippen LogP) is 21.8. The molecule has 1 N–H and O–H groups in total. The number of para-hydroxylation sites is 1. The molecule has 0 aliphatic heterocycles. The number of benzene rings is 7. The zero-order chi connectivity index (χ0) is 56.4. The van der Waals surface area contributed by atoms with Crippen LogP contribution in [0.2, 0.25) is 0 Å². The van der Waals surface area contributed by atoms with Crippen LogP contribution in [0, 0.1) is 5.41 Å². The fraction of sp³-hybridized carbons (Fsp3) is 0.139. The number of nitrogens with zero attached hydrogens (tertiary/aromatic N) is 1. The normalized spacial score (nSPS) is 20.8. The predicted molar refractivity (Wildman–Crippen MR) is 349 cm³/mol. The summed E-state index contributed by atoms with van der Waals surface area (Å²) in [6.45, 7) is 15.8. The molecule has 402 valence electrons. The van der Waals surface area contributed by atoms with Crippen LogP contribution in [0.3, 0.4) is 0 Å². The SMILES string of the molecule is C=C1/C=C\C=C/C/C=C\C(C2(C)C3=C(CC=CC(c4ccc(N(c5ccc(-c6ccc7oc8ccccc8c7c6)cc5)c5ccc6c(c5)-c5ccccc5C6(C)C)cc4)=C3)C(=C/C)/C2=C\C=C/C)=C/C1.OC1=CC=Cc2ccccc2C1. The van der Waals surface area contributed by atoms with E-state index >= 15 is 0 Å². The van der Waals surface area contributed by atoms with Crippen molar-refractivity contribution in [1.29, 1.82) is 0 Å². The van der Waals surface area contributed by atoms with E-state index in [4.69, 9.17) is 4.42 Å². The van der Waals surface area contributed by atoms with Gasteiger partial charge >= 0.3 is 0 Å². The number of hydrogen-bond acceptors (Lipinski definition) is 3. The second kappa shape index (κ2) is 22.6. The highest BCUT2D eigenvalue weighted by Gasteiger charge is 2.44. The number of furan rings is 1. The van der Waals surface area contributed by atoms with Gasteiger partial charge in [-0.1, -0.05) is 220 Å². The molecule has 0 saturated carbocycles. The van der Waals surface area contributed by atoms with Gasteiger partial charge in [0, 0.05) is 45.1 Å². The summed E-state index contributed by atoms with van der Waals surface area (Å²) < 4.78 is 6.18. The first-order valence-electron chi connectivity index (χ1n) is 28.8. The lowest BCUT2D eigenvalue weighted by atomic mass is 9.71. The van der Waals surface area contributed by atoms with Crippen molar-refractivity contribution in [2.75, 3.05) is 4.90 Å². The largest absolute Gasteiger partial charge is 0.512 e. The minimum absolute atomic E-state index is 0.0781. The van der Waals surface area contributed by atoms with E-state index in [9.17, 15) is 5.11 Å². The molecule has 3 nitrogen and oxygen atoms in total. The van der Waals surface area contributed by atoms with Gasteiger partial charge in [0.15, 0.2) is 0 Å². The Kier molecular flexibility index (Phi) is 14.7. The van der Waals surface area contributed by atoms with E-state index in [2.05, 4.69) is 259 Å². The topological polar surface area (TPSA) is 36.6 Å². The molecule has 3 heteroatoms. The van der Waals surface area contributed by atoms with Crippen LogP contribution in [0.1, 0.15) is 81.7 Å². The molecule has 0 amide bonds. The van der Waals surface area contributed by atoms with Crippen LogP contribution < -0.4 is 4.90 Å². The maximum Gasteiger partial charge on any atom is 0.135 e. The first-order valence-corrected chi connectivity index (χ1v) is 28.8. The lowest BCUT2D eigenvalue weighted by molar-refractivity contribution is 0.399. The lowest BCUT2D eigenvalue weighted by Gasteiger charge is -2.32. The monoisotopic (exact) mass is 1060 g/mol. The highest BCUT2D eigenvalue weighted by Crippen LogP contribution is 2.58. The van der Waals surface area contributed by atoms with Crippen LogP contribution in [0.4, 0.5) is 17.1 Å². The molecular formula is C79H69NO2. The second-order valence-corrected chi connectivity index (χ2v) is 22.5. The molecule has 1 heterocycles. The first kappa shape index (κ1) is 53.2. The van der Waals surface area contributed by atoms with Gasteiger partial charge in [0.2, 0.25) is 0 Å². The summed E-state index contributed by atoms with van der Waals surface area (Å²) in [5.74, 6) is 0.427. The summed E-state index contributed by atoms with van der Waals surface area (Å²) in [5.41, 5.74) is 24.9. The number of fused-ring (bicyclic) bond motifs is 7. The van der Waals surface area contributed by atoms with Crippen LogP contribution in [-0.2, 0) is 11.8 Å². The third-order valence-corrected chi connectivity index (χ3v) is 17.1. The molecule has 0 saturated heterocycles. The Balaban J connectivity index is 0.000000490. The fourth-order valence-corrected chi connectivity index (χ4v) is 12.8. The number of hydrogen-bond donors (Lipinski definition) is 1. The molecule has 13 rings (SSSR count). The summed E-state index contributed by atoms with van der Waals surface area (Å²) in [7, 11) is 0. The molecule has 82 heavy (non-hydrogen) atoms. The van der Waals surface area contributed by atoms with Crippen LogP contribution in [-0.4, -0.2) is 5.11 Å². The number of rotatable bonds is 7. The maximum absolute atomic E-state index is 9.35. The average Bonchev–Trinajstić information content (AvgIpc) is 3.41. The van der Waals surface area contributed by atoms with Crippen molar-refractivity contribution in [2.24, 2.45) is 5.41 Å². The minimum atomic E-state index is -0.381. The summed E-state index contributed by atoms with van der Waals surface area (Å²) in [5, 5.41) is 11.6. The van der Waals surface area contributed by atoms with Gasteiger partial charge in [0.25, 0.3) is 0 Å². The molecule has 5 aliphatic carbocycles. The van der Waals surface area contributed by atoms with Gasteiger partial charge in [-0.15, -0.1) is 0 Å². The number of aliphatic hydroxyl groups is 1. The Morgan fingerprint density at radius 3 is 2.15 bits per heavy atom. The van der Waals surface area contributed by atoms with Gasteiger partial charge < -0.3 is 14.4 Å². The third kappa shape index (κ3) is 10.0. The van der Waals surface area contributed by atoms with E-state index in [1.54, 1.807) is 6.08 Å². The summed E-state index contributed by atoms with van der Waals surface area (Å²) in [6, 6.07) is 57.1. The maximum atomic E-state index is 9.35. The van der Waals surface area contributed by atoms with E-state index in [-0.39, 0.29) is 10.8 Å². The molecule has 5 aliphatic rings. The molecule has 7 aromatic carbocycles. The summed E-state index contributed by atoms with van der Waals surface area (Å²) >= 11 is 0. The lowest BCUT2D eigenvalue weighted by Crippen LogP contribution is -2.21. The van der Waals surface area contributed by atoms with E-state index < -0.39 is 0 Å². The van der Waals surface area contributed by atoms with E-state index in [0.717, 1.165) is 75.0 Å². The molecule has 1 unspecified atom stereocenters. The highest BCUT2D eigenvalue weighted by molar-refractivity contribution is 6.06. The van der Waals surface area contributed by atoms with Gasteiger partial charge in [-0.05, 0) is 190 Å². The Morgan fingerprint density at radius 2 is 1.33 bits per heavy atom. The van der Waals surface area contributed by atoms with Crippen LogP contribution in [0.5, 0.6) is 0 Å². The van der Waals surface area contributed by atoms with Gasteiger partial charge in [-0.25, -0.2) is 0 Å². The molecule has 1 atom stereocenters. The van der Waals surface area contributed by atoms with Crippen molar-refractivity contribution in [1.82, 2.24) is 0 Å². The van der Waals surface area contributed by atoms with Gasteiger partial charge in [-0.3, -0.25) is 0 Å². The minimum Gasteiger partial charge on any atom is -0.512 e. The van der Waals surface area contributed by atoms with E-state index in [1.165, 1.54) is 72.4 Å². The van der Waals surface area contributed by atoms with Gasteiger partial charge in [0.05, 0.1) is 5.76 Å². The van der Waals surface area contributed by atoms with E-state index in [0.29, 0.717) is 12.2 Å². The molecule has 0 bridgehead atoms. The van der Waals surface area contributed by atoms with Crippen LogP contribution in [0.15, 0.2) is 305 Å². The Morgan fingerprint density at radius 1 is 0.610 bits per heavy atom.